The molecule has 2 unspecified atom stereocenters. The lowest BCUT2D eigenvalue weighted by Crippen LogP contribution is -2.16. The van der Waals surface area contributed by atoms with Crippen molar-refractivity contribution in [2.75, 3.05) is 6.54 Å². The fourth-order valence-electron chi connectivity index (χ4n) is 2.27. The highest BCUT2D eigenvalue weighted by Crippen LogP contribution is 2.20. The molecule has 0 saturated heterocycles. The third kappa shape index (κ3) is 3.45. The molecule has 0 aliphatic rings. The normalized spacial score (nSPS) is 14.2. The smallest absolute Gasteiger partial charge is 0.123 e. The van der Waals surface area contributed by atoms with E-state index in [0.717, 1.165) is 24.1 Å². The molecule has 0 spiro atoms. The molecule has 2 aromatic rings. The van der Waals surface area contributed by atoms with Gasteiger partial charge in [-0.25, -0.2) is 4.39 Å². The third-order valence-corrected chi connectivity index (χ3v) is 3.77. The van der Waals surface area contributed by atoms with Crippen LogP contribution in [0.1, 0.15) is 43.5 Å². The molecule has 2 N–H and O–H groups in total. The largest absolute Gasteiger partial charge is 0.330 e. The maximum absolute atomic E-state index is 13.3. The van der Waals surface area contributed by atoms with Gasteiger partial charge in [-0.3, -0.25) is 4.68 Å². The fourth-order valence-corrected chi connectivity index (χ4v) is 2.27. The molecule has 1 heterocycles. The molecule has 1 aromatic carbocycles. The molecular weight excluding hydrogens is 253 g/mol. The Hall–Kier alpha value is -1.68. The van der Waals surface area contributed by atoms with Crippen LogP contribution < -0.4 is 5.73 Å². The molecule has 4 heteroatoms. The van der Waals surface area contributed by atoms with Crippen LogP contribution in [0.2, 0.25) is 0 Å². The summed E-state index contributed by atoms with van der Waals surface area (Å²) in [4.78, 5) is 0. The summed E-state index contributed by atoms with van der Waals surface area (Å²) < 4.78 is 15.3. The number of nitrogens with two attached hydrogens (primary N) is 1. The summed E-state index contributed by atoms with van der Waals surface area (Å²) >= 11 is 0. The van der Waals surface area contributed by atoms with Gasteiger partial charge < -0.3 is 5.73 Å². The van der Waals surface area contributed by atoms with Gasteiger partial charge in [-0.15, -0.1) is 0 Å². The van der Waals surface area contributed by atoms with Crippen LogP contribution in [-0.2, 0) is 6.42 Å². The quantitative estimate of drug-likeness (QED) is 0.879. The van der Waals surface area contributed by atoms with Crippen molar-refractivity contribution in [2.45, 2.75) is 38.6 Å². The Bertz CT molecular complexity index is 550. The molecule has 0 aliphatic carbocycles. The van der Waals surface area contributed by atoms with Gasteiger partial charge in [0.15, 0.2) is 0 Å². The minimum atomic E-state index is -0.217. The van der Waals surface area contributed by atoms with Crippen LogP contribution in [0.15, 0.2) is 36.5 Å². The van der Waals surface area contributed by atoms with E-state index in [-0.39, 0.29) is 11.7 Å². The Labute approximate surface area is 119 Å². The van der Waals surface area contributed by atoms with Gasteiger partial charge in [0.1, 0.15) is 5.82 Å². The molecule has 0 amide bonds. The van der Waals surface area contributed by atoms with Crippen molar-refractivity contribution >= 4 is 0 Å². The number of nitrogens with zero attached hydrogens (tertiary/aromatic N) is 2. The van der Waals surface area contributed by atoms with E-state index in [1.54, 1.807) is 12.1 Å². The lowest BCUT2D eigenvalue weighted by atomic mass is 9.94. The van der Waals surface area contributed by atoms with Crippen LogP contribution in [0.25, 0.3) is 0 Å². The summed E-state index contributed by atoms with van der Waals surface area (Å²) in [7, 11) is 0. The van der Waals surface area contributed by atoms with Crippen LogP contribution >= 0.6 is 0 Å². The van der Waals surface area contributed by atoms with Crippen molar-refractivity contribution in [3.63, 3.8) is 0 Å². The summed E-state index contributed by atoms with van der Waals surface area (Å²) in [5.74, 6) is -0.114. The van der Waals surface area contributed by atoms with Gasteiger partial charge in [0, 0.05) is 18.2 Å². The van der Waals surface area contributed by atoms with Gasteiger partial charge in [0.25, 0.3) is 0 Å². The zero-order valence-corrected chi connectivity index (χ0v) is 12.1. The third-order valence-electron chi connectivity index (χ3n) is 3.77. The van der Waals surface area contributed by atoms with Crippen molar-refractivity contribution in [1.82, 2.24) is 9.78 Å². The van der Waals surface area contributed by atoms with Crippen molar-refractivity contribution < 1.29 is 4.39 Å². The van der Waals surface area contributed by atoms with Gasteiger partial charge in [0.05, 0.1) is 5.69 Å². The predicted octanol–water partition coefficient (Wildman–Crippen LogP) is 3.28. The van der Waals surface area contributed by atoms with E-state index in [1.807, 2.05) is 23.0 Å². The van der Waals surface area contributed by atoms with Crippen LogP contribution in [-0.4, -0.2) is 16.3 Å². The van der Waals surface area contributed by atoms with E-state index in [1.165, 1.54) is 6.07 Å². The highest BCUT2D eigenvalue weighted by molar-refractivity contribution is 5.23. The molecule has 0 aliphatic heterocycles. The maximum Gasteiger partial charge on any atom is 0.123 e. The molecule has 0 radical (unpaired) electrons. The lowest BCUT2D eigenvalue weighted by Gasteiger charge is -2.14. The maximum atomic E-state index is 13.3. The molecule has 108 valence electrons. The van der Waals surface area contributed by atoms with Crippen LogP contribution in [0.3, 0.4) is 0 Å². The molecule has 0 fully saturated rings. The van der Waals surface area contributed by atoms with Crippen molar-refractivity contribution in [3.8, 4) is 0 Å². The zero-order chi connectivity index (χ0) is 14.5. The van der Waals surface area contributed by atoms with E-state index in [4.69, 9.17) is 5.73 Å². The zero-order valence-electron chi connectivity index (χ0n) is 12.1. The Morgan fingerprint density at radius 1 is 1.35 bits per heavy atom. The topological polar surface area (TPSA) is 43.8 Å². The first-order valence-corrected chi connectivity index (χ1v) is 7.13. The lowest BCUT2D eigenvalue weighted by molar-refractivity contribution is 0.471. The minimum absolute atomic E-state index is 0.103. The van der Waals surface area contributed by atoms with Gasteiger partial charge in [-0.1, -0.05) is 19.1 Å². The molecule has 2 atom stereocenters. The molecule has 0 saturated carbocycles. The summed E-state index contributed by atoms with van der Waals surface area (Å²) in [6.07, 6.45) is 3.79. The highest BCUT2D eigenvalue weighted by atomic mass is 19.1. The summed E-state index contributed by atoms with van der Waals surface area (Å²) in [5, 5.41) is 4.58. The predicted molar refractivity (Wildman–Crippen MR) is 79.1 cm³/mol. The Balaban J connectivity index is 2.12. The van der Waals surface area contributed by atoms with Crippen molar-refractivity contribution in [2.24, 2.45) is 5.73 Å². The van der Waals surface area contributed by atoms with Gasteiger partial charge in [-0.05, 0) is 50.1 Å². The van der Waals surface area contributed by atoms with E-state index in [9.17, 15) is 4.39 Å². The van der Waals surface area contributed by atoms with E-state index >= 15 is 0 Å². The average Bonchev–Trinajstić information content (AvgIpc) is 2.92. The number of hydrogen-bond donors (Lipinski definition) is 1. The summed E-state index contributed by atoms with van der Waals surface area (Å²) in [5.41, 5.74) is 7.78. The number of halogens is 1. The minimum Gasteiger partial charge on any atom is -0.330 e. The SMILES string of the molecule is CCC(C)n1ccc(CC(CN)c2cccc(F)c2)n1. The Morgan fingerprint density at radius 3 is 2.80 bits per heavy atom. The number of rotatable bonds is 6. The first kappa shape index (κ1) is 14.7. The van der Waals surface area contributed by atoms with Crippen LogP contribution in [0.5, 0.6) is 0 Å². The van der Waals surface area contributed by atoms with Gasteiger partial charge >= 0.3 is 0 Å². The number of aromatic nitrogens is 2. The molecular formula is C16H22FN3. The first-order valence-electron chi connectivity index (χ1n) is 7.13. The fraction of sp³-hybridized carbons (Fsp3) is 0.438. The first-order chi connectivity index (χ1) is 9.63. The standard InChI is InChI=1S/C16H22FN3/c1-3-12(2)20-8-7-16(19-20)10-14(11-18)13-5-4-6-15(17)9-13/h4-9,12,14H,3,10-11,18H2,1-2H3. The Kier molecular flexibility index (Phi) is 4.90. The monoisotopic (exact) mass is 275 g/mol. The van der Waals surface area contributed by atoms with Crippen molar-refractivity contribution in [1.29, 1.82) is 0 Å². The molecule has 3 nitrogen and oxygen atoms in total. The van der Waals surface area contributed by atoms with Crippen LogP contribution in [0, 0.1) is 5.82 Å². The van der Waals surface area contributed by atoms with Crippen LogP contribution in [0.4, 0.5) is 4.39 Å². The molecule has 2 rings (SSSR count). The van der Waals surface area contributed by atoms with Gasteiger partial charge in [-0.2, -0.15) is 5.10 Å². The average molecular weight is 275 g/mol. The van der Waals surface area contributed by atoms with E-state index in [2.05, 4.69) is 18.9 Å². The molecule has 20 heavy (non-hydrogen) atoms. The summed E-state index contributed by atoms with van der Waals surface area (Å²) in [6, 6.07) is 9.08. The number of hydrogen-bond acceptors (Lipinski definition) is 2. The van der Waals surface area contributed by atoms with E-state index in [0.29, 0.717) is 12.6 Å². The highest BCUT2D eigenvalue weighted by Gasteiger charge is 2.14. The molecule has 1 aromatic heterocycles. The van der Waals surface area contributed by atoms with E-state index < -0.39 is 0 Å². The van der Waals surface area contributed by atoms with Gasteiger partial charge in [0.2, 0.25) is 0 Å². The number of benzene rings is 1. The second-order valence-electron chi connectivity index (χ2n) is 5.24. The molecule has 0 bridgehead atoms. The second kappa shape index (κ2) is 6.66. The van der Waals surface area contributed by atoms with Crippen molar-refractivity contribution in [3.05, 3.63) is 53.6 Å². The summed E-state index contributed by atoms with van der Waals surface area (Å²) in [6.45, 7) is 4.77. The Morgan fingerprint density at radius 2 is 2.15 bits per heavy atom. The second-order valence-corrected chi connectivity index (χ2v) is 5.24.